The van der Waals surface area contributed by atoms with Crippen molar-refractivity contribution < 1.29 is 14.3 Å². The number of carbonyl (C=O) groups excluding carboxylic acids is 2. The molecule has 0 heterocycles. The molecule has 4 nitrogen and oxygen atoms in total. The van der Waals surface area contributed by atoms with Crippen LogP contribution in [0.2, 0.25) is 5.02 Å². The van der Waals surface area contributed by atoms with Crippen molar-refractivity contribution >= 4 is 39.9 Å². The second kappa shape index (κ2) is 8.02. The van der Waals surface area contributed by atoms with E-state index in [1.807, 2.05) is 55.5 Å². The summed E-state index contributed by atoms with van der Waals surface area (Å²) in [4.78, 5) is 24.0. The van der Waals surface area contributed by atoms with Gasteiger partial charge in [-0.25, -0.2) is 0 Å². The quantitative estimate of drug-likeness (QED) is 0.674. The van der Waals surface area contributed by atoms with E-state index >= 15 is 0 Å². The molecule has 0 fully saturated rings. The Balaban J connectivity index is 1.54. The Bertz CT molecular complexity index is 968. The largest absolute Gasteiger partial charge is 0.455 e. The highest BCUT2D eigenvalue weighted by Crippen LogP contribution is 2.20. The van der Waals surface area contributed by atoms with Gasteiger partial charge in [0.1, 0.15) is 0 Å². The number of ether oxygens (including phenoxy) is 1. The van der Waals surface area contributed by atoms with Crippen molar-refractivity contribution in [1.82, 2.24) is 0 Å². The molecule has 0 aliphatic heterocycles. The van der Waals surface area contributed by atoms with E-state index in [2.05, 4.69) is 5.32 Å². The number of halogens is 1. The molecule has 0 aliphatic carbocycles. The fourth-order valence-electron chi connectivity index (χ4n) is 2.63. The van der Waals surface area contributed by atoms with Crippen LogP contribution in [-0.2, 0) is 20.7 Å². The normalized spacial score (nSPS) is 10.5. The summed E-state index contributed by atoms with van der Waals surface area (Å²) in [5, 5.41) is 5.39. The van der Waals surface area contributed by atoms with Crippen LogP contribution in [0.5, 0.6) is 0 Å². The molecule has 3 aromatic rings. The number of carbonyl (C=O) groups is 2. The third kappa shape index (κ3) is 4.61. The summed E-state index contributed by atoms with van der Waals surface area (Å²) in [5.74, 6) is -0.847. The standard InChI is InChI=1S/C21H18ClNO3/c1-14-6-9-18(22)12-19(14)23-20(24)13-26-21(25)11-15-7-8-16-4-2-3-5-17(16)10-15/h2-10,12H,11,13H2,1H3,(H,23,24). The fraction of sp³-hybridized carbons (Fsp3) is 0.143. The number of hydrogen-bond acceptors (Lipinski definition) is 3. The molecule has 0 radical (unpaired) electrons. The SMILES string of the molecule is Cc1ccc(Cl)cc1NC(=O)COC(=O)Cc1ccc2ccccc2c1. The number of nitrogens with one attached hydrogen (secondary N) is 1. The van der Waals surface area contributed by atoms with Gasteiger partial charge in [-0.15, -0.1) is 0 Å². The first-order chi connectivity index (χ1) is 12.5. The van der Waals surface area contributed by atoms with Crippen molar-refractivity contribution in [2.45, 2.75) is 13.3 Å². The third-order valence-corrected chi connectivity index (χ3v) is 4.24. The monoisotopic (exact) mass is 367 g/mol. The predicted octanol–water partition coefficient (Wildman–Crippen LogP) is 4.53. The predicted molar refractivity (Wildman–Crippen MR) is 103 cm³/mol. The van der Waals surface area contributed by atoms with E-state index in [4.69, 9.17) is 16.3 Å². The van der Waals surface area contributed by atoms with Crippen molar-refractivity contribution in [2.24, 2.45) is 0 Å². The van der Waals surface area contributed by atoms with Crippen molar-refractivity contribution in [3.05, 3.63) is 76.8 Å². The lowest BCUT2D eigenvalue weighted by Gasteiger charge is -2.09. The van der Waals surface area contributed by atoms with E-state index in [9.17, 15) is 9.59 Å². The van der Waals surface area contributed by atoms with Crippen LogP contribution in [-0.4, -0.2) is 18.5 Å². The van der Waals surface area contributed by atoms with Crippen LogP contribution >= 0.6 is 11.6 Å². The van der Waals surface area contributed by atoms with E-state index in [0.29, 0.717) is 10.7 Å². The maximum atomic E-state index is 12.0. The zero-order chi connectivity index (χ0) is 18.5. The molecule has 0 unspecified atom stereocenters. The van der Waals surface area contributed by atoms with E-state index in [0.717, 1.165) is 21.9 Å². The second-order valence-corrected chi connectivity index (χ2v) is 6.46. The Hall–Kier alpha value is -2.85. The average molecular weight is 368 g/mol. The molecule has 0 saturated heterocycles. The van der Waals surface area contributed by atoms with Gasteiger partial charge in [0.15, 0.2) is 6.61 Å². The van der Waals surface area contributed by atoms with Crippen LogP contribution in [0, 0.1) is 6.92 Å². The molecular weight excluding hydrogens is 350 g/mol. The van der Waals surface area contributed by atoms with Crippen LogP contribution in [0.25, 0.3) is 10.8 Å². The lowest BCUT2D eigenvalue weighted by atomic mass is 10.1. The first-order valence-electron chi connectivity index (χ1n) is 8.20. The highest BCUT2D eigenvalue weighted by Gasteiger charge is 2.10. The molecule has 132 valence electrons. The van der Waals surface area contributed by atoms with Crippen LogP contribution in [0.1, 0.15) is 11.1 Å². The molecule has 5 heteroatoms. The van der Waals surface area contributed by atoms with Crippen molar-refractivity contribution in [3.63, 3.8) is 0 Å². The molecular formula is C21H18ClNO3. The lowest BCUT2D eigenvalue weighted by molar-refractivity contribution is -0.146. The van der Waals surface area contributed by atoms with E-state index in [-0.39, 0.29) is 13.0 Å². The maximum Gasteiger partial charge on any atom is 0.310 e. The Morgan fingerprint density at radius 1 is 1.00 bits per heavy atom. The number of benzene rings is 3. The van der Waals surface area contributed by atoms with Crippen molar-refractivity contribution in [1.29, 1.82) is 0 Å². The summed E-state index contributed by atoms with van der Waals surface area (Å²) in [6, 6.07) is 18.9. The van der Waals surface area contributed by atoms with Gasteiger partial charge in [0, 0.05) is 10.7 Å². The van der Waals surface area contributed by atoms with Gasteiger partial charge < -0.3 is 10.1 Å². The van der Waals surface area contributed by atoms with Gasteiger partial charge in [-0.3, -0.25) is 9.59 Å². The summed E-state index contributed by atoms with van der Waals surface area (Å²) in [6.07, 6.45) is 0.119. The van der Waals surface area contributed by atoms with Crippen LogP contribution in [0.4, 0.5) is 5.69 Å². The average Bonchev–Trinajstić information content (AvgIpc) is 2.63. The summed E-state index contributed by atoms with van der Waals surface area (Å²) >= 11 is 5.92. The molecule has 0 aliphatic rings. The number of aryl methyl sites for hydroxylation is 1. The summed E-state index contributed by atoms with van der Waals surface area (Å²) in [7, 11) is 0. The summed E-state index contributed by atoms with van der Waals surface area (Å²) in [6.45, 7) is 1.52. The number of fused-ring (bicyclic) bond motifs is 1. The minimum atomic E-state index is -0.446. The van der Waals surface area contributed by atoms with Gasteiger partial charge in [-0.1, -0.05) is 60.1 Å². The third-order valence-electron chi connectivity index (χ3n) is 4.00. The van der Waals surface area contributed by atoms with Crippen molar-refractivity contribution in [2.75, 3.05) is 11.9 Å². The second-order valence-electron chi connectivity index (χ2n) is 6.03. The van der Waals surface area contributed by atoms with Gasteiger partial charge in [0.2, 0.25) is 0 Å². The zero-order valence-electron chi connectivity index (χ0n) is 14.3. The molecule has 1 amide bonds. The Morgan fingerprint density at radius 3 is 2.58 bits per heavy atom. The number of anilines is 1. The Kier molecular flexibility index (Phi) is 5.54. The maximum absolute atomic E-state index is 12.0. The van der Waals surface area contributed by atoms with E-state index < -0.39 is 11.9 Å². The Morgan fingerprint density at radius 2 is 1.77 bits per heavy atom. The van der Waals surface area contributed by atoms with Crippen LogP contribution < -0.4 is 5.32 Å². The minimum absolute atomic E-state index is 0.119. The lowest BCUT2D eigenvalue weighted by Crippen LogP contribution is -2.22. The highest BCUT2D eigenvalue weighted by atomic mass is 35.5. The van der Waals surface area contributed by atoms with E-state index in [1.54, 1.807) is 12.1 Å². The molecule has 0 aromatic heterocycles. The number of amides is 1. The fourth-order valence-corrected chi connectivity index (χ4v) is 2.80. The van der Waals surface area contributed by atoms with Gasteiger partial charge in [-0.05, 0) is 41.0 Å². The van der Waals surface area contributed by atoms with Crippen LogP contribution in [0.3, 0.4) is 0 Å². The molecule has 0 bridgehead atoms. The first kappa shape index (κ1) is 18.0. The highest BCUT2D eigenvalue weighted by molar-refractivity contribution is 6.31. The smallest absolute Gasteiger partial charge is 0.310 e. The molecule has 0 saturated carbocycles. The molecule has 0 atom stereocenters. The molecule has 26 heavy (non-hydrogen) atoms. The molecule has 1 N–H and O–H groups in total. The van der Waals surface area contributed by atoms with Gasteiger partial charge in [-0.2, -0.15) is 0 Å². The molecule has 3 aromatic carbocycles. The first-order valence-corrected chi connectivity index (χ1v) is 8.58. The summed E-state index contributed by atoms with van der Waals surface area (Å²) in [5.41, 5.74) is 2.33. The summed E-state index contributed by atoms with van der Waals surface area (Å²) < 4.78 is 5.08. The Labute approximate surface area is 156 Å². The molecule has 3 rings (SSSR count). The zero-order valence-corrected chi connectivity index (χ0v) is 15.0. The number of esters is 1. The van der Waals surface area contributed by atoms with E-state index in [1.165, 1.54) is 0 Å². The van der Waals surface area contributed by atoms with Gasteiger partial charge >= 0.3 is 5.97 Å². The van der Waals surface area contributed by atoms with Gasteiger partial charge in [0.25, 0.3) is 5.91 Å². The van der Waals surface area contributed by atoms with Crippen LogP contribution in [0.15, 0.2) is 60.7 Å². The minimum Gasteiger partial charge on any atom is -0.455 e. The van der Waals surface area contributed by atoms with Crippen molar-refractivity contribution in [3.8, 4) is 0 Å². The number of hydrogen-bond donors (Lipinski definition) is 1. The molecule has 0 spiro atoms. The topological polar surface area (TPSA) is 55.4 Å². The number of rotatable bonds is 5. The van der Waals surface area contributed by atoms with Gasteiger partial charge in [0.05, 0.1) is 6.42 Å².